The van der Waals surface area contributed by atoms with Crippen LogP contribution in [0.2, 0.25) is 10.3 Å². The Bertz CT molecular complexity index is 1230. The van der Waals surface area contributed by atoms with Crippen LogP contribution in [-0.4, -0.2) is 44.7 Å². The average molecular weight is 598 g/mol. The van der Waals surface area contributed by atoms with E-state index in [-0.39, 0.29) is 40.2 Å². The highest BCUT2D eigenvalue weighted by Crippen LogP contribution is 2.28. The lowest BCUT2D eigenvalue weighted by Gasteiger charge is -2.22. The van der Waals surface area contributed by atoms with E-state index >= 15 is 0 Å². The number of aldehydes is 1. The fourth-order valence-corrected chi connectivity index (χ4v) is 2.99. The first-order valence-electron chi connectivity index (χ1n) is 12.4. The summed E-state index contributed by atoms with van der Waals surface area (Å²) in [6.45, 7) is 15.8. The monoisotopic (exact) mass is 596 g/mol. The molecule has 40 heavy (non-hydrogen) atoms. The molecule has 12 heteroatoms. The average Bonchev–Trinajstić information content (AvgIpc) is 2.77. The second-order valence-electron chi connectivity index (χ2n) is 12.0. The van der Waals surface area contributed by atoms with E-state index in [1.807, 2.05) is 0 Å². The van der Waals surface area contributed by atoms with Crippen LogP contribution in [0, 0.1) is 10.8 Å². The third-order valence-electron chi connectivity index (χ3n) is 4.88. The van der Waals surface area contributed by atoms with E-state index in [1.54, 1.807) is 62.3 Å². The smallest absolute Gasteiger partial charge is 0.309 e. The standard InChI is InChI=1S/C17H25ClN2O4.C11H13ClN2O2/c1-16(2,3)15(23)20-14-10(7-8-12(18)19-14)11(21)9-13(22)24-17(4,5)6;1-11(2,3)10(16)14-9-7(6-15)4-5-8(12)13-9/h7-8,11,21H,9H2,1-6H3,(H,19,20,23);4-6H,1-3H3,(H,13,14,16). The van der Waals surface area contributed by atoms with Crippen molar-refractivity contribution in [1.29, 1.82) is 0 Å². The Hall–Kier alpha value is -3.08. The van der Waals surface area contributed by atoms with E-state index < -0.39 is 28.5 Å². The number of carbonyl (C=O) groups excluding carboxylic acids is 4. The third kappa shape index (κ3) is 12.0. The van der Waals surface area contributed by atoms with Gasteiger partial charge in [-0.05, 0) is 45.0 Å². The summed E-state index contributed by atoms with van der Waals surface area (Å²) in [4.78, 5) is 54.4. The lowest BCUT2D eigenvalue weighted by molar-refractivity contribution is -0.157. The van der Waals surface area contributed by atoms with Crippen molar-refractivity contribution >= 4 is 58.9 Å². The largest absolute Gasteiger partial charge is 0.460 e. The minimum Gasteiger partial charge on any atom is -0.460 e. The highest BCUT2D eigenvalue weighted by atomic mass is 35.5. The zero-order valence-electron chi connectivity index (χ0n) is 24.3. The molecule has 2 aromatic rings. The number of amides is 2. The van der Waals surface area contributed by atoms with E-state index in [9.17, 15) is 24.3 Å². The topological polar surface area (TPSA) is 148 Å². The molecule has 0 fully saturated rings. The van der Waals surface area contributed by atoms with Gasteiger partial charge in [0.2, 0.25) is 11.8 Å². The number of ether oxygens (including phenoxy) is 1. The van der Waals surface area contributed by atoms with Crippen molar-refractivity contribution in [3.05, 3.63) is 45.7 Å². The van der Waals surface area contributed by atoms with Crippen molar-refractivity contribution in [3.63, 3.8) is 0 Å². The molecule has 3 N–H and O–H groups in total. The Morgan fingerprint density at radius 2 is 1.30 bits per heavy atom. The van der Waals surface area contributed by atoms with Crippen LogP contribution in [-0.2, 0) is 19.1 Å². The van der Waals surface area contributed by atoms with Gasteiger partial charge in [-0.2, -0.15) is 0 Å². The zero-order chi connectivity index (χ0) is 31.1. The maximum atomic E-state index is 12.2. The molecule has 0 bridgehead atoms. The number of esters is 1. The Morgan fingerprint density at radius 3 is 1.75 bits per heavy atom. The van der Waals surface area contributed by atoms with Gasteiger partial charge >= 0.3 is 5.97 Å². The van der Waals surface area contributed by atoms with Gasteiger partial charge < -0.3 is 20.5 Å². The van der Waals surface area contributed by atoms with Gasteiger partial charge in [-0.1, -0.05) is 64.7 Å². The Labute approximate surface area is 245 Å². The summed E-state index contributed by atoms with van der Waals surface area (Å²) < 4.78 is 5.20. The highest BCUT2D eigenvalue weighted by Gasteiger charge is 2.26. The number of rotatable bonds is 6. The molecule has 0 aromatic carbocycles. The molecule has 0 aliphatic heterocycles. The van der Waals surface area contributed by atoms with Crippen molar-refractivity contribution in [2.24, 2.45) is 10.8 Å². The molecular formula is C28H38Cl2N4O6. The number of carbonyl (C=O) groups is 4. The number of hydrogen-bond donors (Lipinski definition) is 3. The second kappa shape index (κ2) is 14.0. The Kier molecular flexibility index (Phi) is 12.2. The maximum Gasteiger partial charge on any atom is 0.309 e. The molecule has 0 saturated carbocycles. The number of hydrogen-bond acceptors (Lipinski definition) is 8. The molecule has 1 unspecified atom stereocenters. The van der Waals surface area contributed by atoms with Crippen molar-refractivity contribution in [1.82, 2.24) is 9.97 Å². The molecular weight excluding hydrogens is 559 g/mol. The predicted octanol–water partition coefficient (Wildman–Crippen LogP) is 6.02. The van der Waals surface area contributed by atoms with Gasteiger partial charge in [0.05, 0.1) is 18.1 Å². The number of nitrogens with one attached hydrogen (secondary N) is 2. The quantitative estimate of drug-likeness (QED) is 0.208. The highest BCUT2D eigenvalue weighted by molar-refractivity contribution is 6.30. The number of aliphatic hydroxyl groups is 1. The second-order valence-corrected chi connectivity index (χ2v) is 12.8. The summed E-state index contributed by atoms with van der Waals surface area (Å²) in [5, 5.41) is 16.0. The van der Waals surface area contributed by atoms with Crippen LogP contribution in [0.5, 0.6) is 0 Å². The predicted molar refractivity (Wildman–Crippen MR) is 155 cm³/mol. The van der Waals surface area contributed by atoms with Crippen LogP contribution in [0.1, 0.15) is 90.8 Å². The molecule has 0 radical (unpaired) electrons. The van der Waals surface area contributed by atoms with Gasteiger partial charge in [0.25, 0.3) is 0 Å². The molecule has 220 valence electrons. The third-order valence-corrected chi connectivity index (χ3v) is 5.30. The van der Waals surface area contributed by atoms with E-state index in [0.717, 1.165) is 0 Å². The van der Waals surface area contributed by atoms with E-state index in [1.165, 1.54) is 24.3 Å². The van der Waals surface area contributed by atoms with Gasteiger partial charge in [-0.15, -0.1) is 0 Å². The van der Waals surface area contributed by atoms with Crippen molar-refractivity contribution in [2.45, 2.75) is 80.4 Å². The summed E-state index contributed by atoms with van der Waals surface area (Å²) in [7, 11) is 0. The molecule has 2 rings (SSSR count). The molecule has 0 aliphatic carbocycles. The first-order valence-corrected chi connectivity index (χ1v) is 13.2. The van der Waals surface area contributed by atoms with Crippen LogP contribution in [0.3, 0.4) is 0 Å². The van der Waals surface area contributed by atoms with Gasteiger partial charge in [-0.25, -0.2) is 9.97 Å². The summed E-state index contributed by atoms with van der Waals surface area (Å²) in [5.41, 5.74) is -1.22. The molecule has 0 saturated heterocycles. The van der Waals surface area contributed by atoms with Crippen LogP contribution in [0.4, 0.5) is 11.6 Å². The SMILES string of the molecule is CC(C)(C)C(=O)Nc1nc(Cl)ccc1C=O.CC(C)(C)OC(=O)CC(O)c1ccc(Cl)nc1NC(=O)C(C)(C)C. The molecule has 10 nitrogen and oxygen atoms in total. The van der Waals surface area contributed by atoms with Crippen LogP contribution in [0.25, 0.3) is 0 Å². The number of pyridine rings is 2. The van der Waals surface area contributed by atoms with Gasteiger partial charge in [0.15, 0.2) is 6.29 Å². The molecule has 2 amide bonds. The summed E-state index contributed by atoms with van der Waals surface area (Å²) in [5.74, 6) is -0.702. The first-order chi connectivity index (χ1) is 18.1. The number of nitrogens with zero attached hydrogens (tertiary/aromatic N) is 2. The fraction of sp³-hybridized carbons (Fsp3) is 0.500. The minimum absolute atomic E-state index is 0.137. The fourth-order valence-electron chi connectivity index (χ4n) is 2.70. The molecule has 0 aliphatic rings. The molecule has 1 atom stereocenters. The van der Waals surface area contributed by atoms with Crippen molar-refractivity contribution in [3.8, 4) is 0 Å². The maximum absolute atomic E-state index is 12.2. The molecule has 2 heterocycles. The van der Waals surface area contributed by atoms with E-state index in [0.29, 0.717) is 17.4 Å². The first kappa shape index (κ1) is 34.9. The molecule has 0 spiro atoms. The van der Waals surface area contributed by atoms with Crippen LogP contribution in [0.15, 0.2) is 24.3 Å². The number of aliphatic hydroxyl groups excluding tert-OH is 1. The van der Waals surface area contributed by atoms with Crippen molar-refractivity contribution < 1.29 is 29.0 Å². The summed E-state index contributed by atoms with van der Waals surface area (Å²) in [6.07, 6.45) is -0.791. The van der Waals surface area contributed by atoms with Crippen molar-refractivity contribution in [2.75, 3.05) is 10.6 Å². The lowest BCUT2D eigenvalue weighted by atomic mass is 9.95. The minimum atomic E-state index is -1.17. The number of aromatic nitrogens is 2. The molecule has 2 aromatic heterocycles. The Morgan fingerprint density at radius 1 is 0.850 bits per heavy atom. The normalized spacial score (nSPS) is 12.4. The van der Waals surface area contributed by atoms with Gasteiger partial charge in [-0.3, -0.25) is 19.2 Å². The van der Waals surface area contributed by atoms with Gasteiger partial charge in [0, 0.05) is 16.4 Å². The van der Waals surface area contributed by atoms with E-state index in [2.05, 4.69) is 20.6 Å². The van der Waals surface area contributed by atoms with Gasteiger partial charge in [0.1, 0.15) is 27.5 Å². The van der Waals surface area contributed by atoms with E-state index in [4.69, 9.17) is 27.9 Å². The summed E-state index contributed by atoms with van der Waals surface area (Å²) >= 11 is 11.6. The zero-order valence-corrected chi connectivity index (χ0v) is 25.8. The lowest BCUT2D eigenvalue weighted by Crippen LogP contribution is -2.29. The summed E-state index contributed by atoms with van der Waals surface area (Å²) in [6, 6.07) is 6.03. The Balaban J connectivity index is 0.000000433. The van der Waals surface area contributed by atoms with Crippen LogP contribution < -0.4 is 10.6 Å². The van der Waals surface area contributed by atoms with Crippen LogP contribution >= 0.6 is 23.2 Å². The number of anilines is 2. The number of halogens is 2.